The van der Waals surface area contributed by atoms with E-state index in [1.54, 1.807) is 18.2 Å². The van der Waals surface area contributed by atoms with Crippen molar-refractivity contribution >= 4 is 34.9 Å². The van der Waals surface area contributed by atoms with Gasteiger partial charge in [0.05, 0.1) is 10.7 Å². The predicted octanol–water partition coefficient (Wildman–Crippen LogP) is 4.45. The van der Waals surface area contributed by atoms with Crippen molar-refractivity contribution in [3.8, 4) is 0 Å². The Hall–Kier alpha value is -0.930. The molecule has 1 aromatic rings. The zero-order chi connectivity index (χ0) is 13.0. The molecule has 18 heavy (non-hydrogen) atoms. The smallest absolute Gasteiger partial charge is 0.319 e. The van der Waals surface area contributed by atoms with Gasteiger partial charge in [0.2, 0.25) is 0 Å². The molecule has 2 N–H and O–H groups in total. The number of nitrogens with one attached hydrogen (secondary N) is 2. The molecule has 0 spiro atoms. The van der Waals surface area contributed by atoms with Crippen LogP contribution in [0, 0.1) is 0 Å². The number of halogens is 2. The molecule has 0 unspecified atom stereocenters. The van der Waals surface area contributed by atoms with E-state index in [9.17, 15) is 4.79 Å². The van der Waals surface area contributed by atoms with Crippen molar-refractivity contribution in [3.05, 3.63) is 28.2 Å². The van der Waals surface area contributed by atoms with Gasteiger partial charge in [0.25, 0.3) is 0 Å². The van der Waals surface area contributed by atoms with E-state index in [0.29, 0.717) is 15.7 Å². The maximum Gasteiger partial charge on any atom is 0.319 e. The Kier molecular flexibility index (Phi) is 4.72. The van der Waals surface area contributed by atoms with Gasteiger partial charge < -0.3 is 10.6 Å². The number of hydrogen-bond acceptors (Lipinski definition) is 1. The summed E-state index contributed by atoms with van der Waals surface area (Å²) in [6.07, 6.45) is 5.74. The third kappa shape index (κ3) is 3.79. The van der Waals surface area contributed by atoms with E-state index < -0.39 is 0 Å². The fourth-order valence-corrected chi connectivity index (χ4v) is 2.52. The van der Waals surface area contributed by atoms with E-state index >= 15 is 0 Å². The molecule has 0 heterocycles. The van der Waals surface area contributed by atoms with Crippen LogP contribution in [0.4, 0.5) is 10.5 Å². The summed E-state index contributed by atoms with van der Waals surface area (Å²) in [4.78, 5) is 11.8. The molecule has 0 atom stereocenters. The lowest BCUT2D eigenvalue weighted by Crippen LogP contribution is -2.39. The Balaban J connectivity index is 1.92. The number of carbonyl (C=O) groups is 1. The highest BCUT2D eigenvalue weighted by Gasteiger charge is 2.16. The van der Waals surface area contributed by atoms with E-state index in [1.807, 2.05) is 0 Å². The molecule has 0 saturated heterocycles. The van der Waals surface area contributed by atoms with E-state index in [2.05, 4.69) is 10.6 Å². The number of carbonyl (C=O) groups excluding carboxylic acids is 1. The molecule has 0 aromatic heterocycles. The first kappa shape index (κ1) is 13.5. The first-order valence-electron chi connectivity index (χ1n) is 6.18. The Morgan fingerprint density at radius 2 is 1.89 bits per heavy atom. The number of amides is 2. The summed E-state index contributed by atoms with van der Waals surface area (Å²) in [6, 6.07) is 5.06. The summed E-state index contributed by atoms with van der Waals surface area (Å²) >= 11 is 11.8. The van der Waals surface area contributed by atoms with Gasteiger partial charge in [-0.1, -0.05) is 42.5 Å². The summed E-state index contributed by atoms with van der Waals surface area (Å²) < 4.78 is 0. The summed E-state index contributed by atoms with van der Waals surface area (Å²) in [6.45, 7) is 0. The topological polar surface area (TPSA) is 41.1 Å². The highest BCUT2D eigenvalue weighted by molar-refractivity contribution is 6.35. The molecular formula is C13H16Cl2N2O. The zero-order valence-corrected chi connectivity index (χ0v) is 11.5. The molecular weight excluding hydrogens is 271 g/mol. The molecule has 1 aromatic carbocycles. The van der Waals surface area contributed by atoms with Crippen LogP contribution in [-0.2, 0) is 0 Å². The Labute approximate surface area is 117 Å². The average Bonchev–Trinajstić information content (AvgIpc) is 2.35. The third-order valence-corrected chi connectivity index (χ3v) is 3.68. The number of anilines is 1. The standard InChI is InChI=1S/C13H16Cl2N2O/c14-9-6-7-11(15)12(8-9)17-13(18)16-10-4-2-1-3-5-10/h6-8,10H,1-5H2,(H2,16,17,18). The molecule has 5 heteroatoms. The molecule has 2 amide bonds. The molecule has 98 valence electrons. The molecule has 1 fully saturated rings. The maximum atomic E-state index is 11.8. The van der Waals surface area contributed by atoms with Gasteiger partial charge in [0.1, 0.15) is 0 Å². The predicted molar refractivity (Wildman–Crippen MR) is 75.5 cm³/mol. The van der Waals surface area contributed by atoms with Crippen LogP contribution < -0.4 is 10.6 Å². The first-order chi connectivity index (χ1) is 8.65. The van der Waals surface area contributed by atoms with Gasteiger partial charge in [-0.25, -0.2) is 4.79 Å². The number of rotatable bonds is 2. The first-order valence-corrected chi connectivity index (χ1v) is 6.93. The van der Waals surface area contributed by atoms with Crippen LogP contribution in [0.5, 0.6) is 0 Å². The minimum atomic E-state index is -0.217. The lowest BCUT2D eigenvalue weighted by molar-refractivity contribution is 0.244. The highest BCUT2D eigenvalue weighted by atomic mass is 35.5. The van der Waals surface area contributed by atoms with Crippen LogP contribution in [0.3, 0.4) is 0 Å². The molecule has 1 aliphatic carbocycles. The second-order valence-corrected chi connectivity index (χ2v) is 5.40. The van der Waals surface area contributed by atoms with Crippen molar-refractivity contribution < 1.29 is 4.79 Å². The van der Waals surface area contributed by atoms with Gasteiger partial charge in [-0.05, 0) is 31.0 Å². The SMILES string of the molecule is O=C(Nc1cc(Cl)ccc1Cl)NC1CCCCC1. The summed E-state index contributed by atoms with van der Waals surface area (Å²) in [5, 5.41) is 6.73. The van der Waals surface area contributed by atoms with Crippen molar-refractivity contribution in [2.75, 3.05) is 5.32 Å². The monoisotopic (exact) mass is 286 g/mol. The molecule has 1 aliphatic rings. The second-order valence-electron chi connectivity index (χ2n) is 4.56. The Bertz CT molecular complexity index is 431. The van der Waals surface area contributed by atoms with Gasteiger partial charge in [-0.2, -0.15) is 0 Å². The van der Waals surface area contributed by atoms with Gasteiger partial charge in [0.15, 0.2) is 0 Å². The van der Waals surface area contributed by atoms with Crippen molar-refractivity contribution in [1.29, 1.82) is 0 Å². The largest absolute Gasteiger partial charge is 0.335 e. The van der Waals surface area contributed by atoms with E-state index in [4.69, 9.17) is 23.2 Å². The quantitative estimate of drug-likeness (QED) is 0.829. The van der Waals surface area contributed by atoms with Crippen LogP contribution in [-0.4, -0.2) is 12.1 Å². The fraction of sp³-hybridized carbons (Fsp3) is 0.462. The lowest BCUT2D eigenvalue weighted by Gasteiger charge is -2.23. The van der Waals surface area contributed by atoms with Gasteiger partial charge in [0, 0.05) is 11.1 Å². The molecule has 0 radical (unpaired) electrons. The van der Waals surface area contributed by atoms with Crippen molar-refractivity contribution in [2.24, 2.45) is 0 Å². The molecule has 1 saturated carbocycles. The van der Waals surface area contributed by atoms with Crippen molar-refractivity contribution in [2.45, 2.75) is 38.1 Å². The number of urea groups is 1. The van der Waals surface area contributed by atoms with Crippen molar-refractivity contribution in [1.82, 2.24) is 5.32 Å². The fourth-order valence-electron chi connectivity index (χ4n) is 2.18. The average molecular weight is 287 g/mol. The highest BCUT2D eigenvalue weighted by Crippen LogP contribution is 2.25. The number of hydrogen-bond donors (Lipinski definition) is 2. The van der Waals surface area contributed by atoms with Gasteiger partial charge in [-0.3, -0.25) is 0 Å². The van der Waals surface area contributed by atoms with E-state index in [0.717, 1.165) is 12.8 Å². The third-order valence-electron chi connectivity index (χ3n) is 3.12. The molecule has 3 nitrogen and oxygen atoms in total. The second kappa shape index (κ2) is 6.30. The van der Waals surface area contributed by atoms with E-state index in [-0.39, 0.29) is 12.1 Å². The summed E-state index contributed by atoms with van der Waals surface area (Å²) in [5.41, 5.74) is 0.539. The Morgan fingerprint density at radius 1 is 1.17 bits per heavy atom. The van der Waals surface area contributed by atoms with Crippen molar-refractivity contribution in [3.63, 3.8) is 0 Å². The van der Waals surface area contributed by atoms with Gasteiger partial charge >= 0.3 is 6.03 Å². The lowest BCUT2D eigenvalue weighted by atomic mass is 9.96. The van der Waals surface area contributed by atoms with Crippen LogP contribution in [0.25, 0.3) is 0 Å². The van der Waals surface area contributed by atoms with E-state index in [1.165, 1.54) is 19.3 Å². The van der Waals surface area contributed by atoms with Crippen LogP contribution in [0.2, 0.25) is 10.0 Å². The Morgan fingerprint density at radius 3 is 2.61 bits per heavy atom. The summed E-state index contributed by atoms with van der Waals surface area (Å²) in [7, 11) is 0. The van der Waals surface area contributed by atoms with Crippen LogP contribution >= 0.6 is 23.2 Å². The van der Waals surface area contributed by atoms with Crippen LogP contribution in [0.1, 0.15) is 32.1 Å². The summed E-state index contributed by atoms with van der Waals surface area (Å²) in [5.74, 6) is 0. The normalized spacial score (nSPS) is 16.3. The number of benzene rings is 1. The molecule has 2 rings (SSSR count). The molecule has 0 bridgehead atoms. The molecule has 0 aliphatic heterocycles. The maximum absolute atomic E-state index is 11.8. The van der Waals surface area contributed by atoms with Gasteiger partial charge in [-0.15, -0.1) is 0 Å². The zero-order valence-electron chi connectivity index (χ0n) is 10.0. The minimum absolute atomic E-state index is 0.217. The minimum Gasteiger partial charge on any atom is -0.335 e. The van der Waals surface area contributed by atoms with Crippen LogP contribution in [0.15, 0.2) is 18.2 Å².